The Hall–Kier alpha value is -3.12. The van der Waals surface area contributed by atoms with E-state index in [4.69, 9.17) is 4.74 Å². The van der Waals surface area contributed by atoms with Crippen LogP contribution in [0.25, 0.3) is 5.76 Å². The van der Waals surface area contributed by atoms with Gasteiger partial charge in [0.05, 0.1) is 32.8 Å². The predicted octanol–water partition coefficient (Wildman–Crippen LogP) is 1.79. The highest BCUT2D eigenvalue weighted by molar-refractivity contribution is 6.46. The van der Waals surface area contributed by atoms with Crippen LogP contribution in [-0.4, -0.2) is 49.9 Å². The number of amides is 1. The Kier molecular flexibility index (Phi) is 7.92. The number of hydrogen-bond donors (Lipinski definition) is 1. The molecule has 1 aliphatic rings. The average Bonchev–Trinajstić information content (AvgIpc) is 3.03. The van der Waals surface area contributed by atoms with Gasteiger partial charge in [0.2, 0.25) is 5.78 Å². The third-order valence-corrected chi connectivity index (χ3v) is 5.80. The molecule has 0 saturated carbocycles. The second-order valence-corrected chi connectivity index (χ2v) is 9.07. The van der Waals surface area contributed by atoms with Gasteiger partial charge in [0.25, 0.3) is 5.91 Å². The summed E-state index contributed by atoms with van der Waals surface area (Å²) >= 11 is 0. The number of carbonyl (C=O) groups is 2. The first-order chi connectivity index (χ1) is 15.7. The topological polar surface area (TPSA) is 74.1 Å². The third-order valence-electron chi connectivity index (χ3n) is 5.80. The van der Waals surface area contributed by atoms with Crippen molar-refractivity contribution in [3.63, 3.8) is 0 Å². The minimum absolute atomic E-state index is 0.0167. The summed E-state index contributed by atoms with van der Waals surface area (Å²) in [6, 6.07) is 13.9. The predicted molar refractivity (Wildman–Crippen MR) is 127 cm³/mol. The molecule has 0 bridgehead atoms. The molecule has 1 saturated heterocycles. The molecule has 1 amide bonds. The summed E-state index contributed by atoms with van der Waals surface area (Å²) in [7, 11) is 4.09. The summed E-state index contributed by atoms with van der Waals surface area (Å²) in [6.45, 7) is 7.21. The molecule has 2 aromatic carbocycles. The first-order valence-corrected chi connectivity index (χ1v) is 11.6. The summed E-state index contributed by atoms with van der Waals surface area (Å²) in [6.07, 6.45) is 1.65. The van der Waals surface area contributed by atoms with Crippen LogP contribution in [0.1, 0.15) is 49.9 Å². The van der Waals surface area contributed by atoms with Crippen molar-refractivity contribution in [3.8, 4) is 5.75 Å². The van der Waals surface area contributed by atoms with Crippen LogP contribution in [0.2, 0.25) is 0 Å². The van der Waals surface area contributed by atoms with Crippen molar-refractivity contribution < 1.29 is 24.3 Å². The lowest BCUT2D eigenvalue weighted by atomic mass is 9.94. The average molecular weight is 451 g/mol. The van der Waals surface area contributed by atoms with Crippen molar-refractivity contribution in [1.82, 2.24) is 4.90 Å². The maximum atomic E-state index is 13.5. The number of benzene rings is 2. The van der Waals surface area contributed by atoms with E-state index >= 15 is 0 Å². The maximum Gasteiger partial charge on any atom is 0.295 e. The number of aryl methyl sites for hydroxylation is 1. The minimum Gasteiger partial charge on any atom is -0.872 e. The van der Waals surface area contributed by atoms with E-state index in [1.54, 1.807) is 29.2 Å². The Bertz CT molecular complexity index is 1010. The zero-order valence-electron chi connectivity index (χ0n) is 20.2. The number of Topliss-reactive ketones (excluding diaryl/α,β-unsaturated/α-hetero) is 1. The van der Waals surface area contributed by atoms with Gasteiger partial charge in [-0.05, 0) is 49.1 Å². The second-order valence-electron chi connectivity index (χ2n) is 9.07. The van der Waals surface area contributed by atoms with Crippen LogP contribution in [0.5, 0.6) is 5.75 Å². The molecule has 0 spiro atoms. The number of ketones is 1. The number of ether oxygens (including phenoxy) is 1. The molecule has 0 radical (unpaired) electrons. The number of hydrogen-bond acceptors (Lipinski definition) is 4. The summed E-state index contributed by atoms with van der Waals surface area (Å²) in [5, 5.41) is 13.5. The van der Waals surface area contributed by atoms with Gasteiger partial charge in [0.1, 0.15) is 5.75 Å². The van der Waals surface area contributed by atoms with E-state index in [2.05, 4.69) is 6.92 Å². The molecule has 2 aromatic rings. The Morgan fingerprint density at radius 1 is 1.06 bits per heavy atom. The maximum absolute atomic E-state index is 13.5. The molecule has 1 aliphatic heterocycles. The first-order valence-electron chi connectivity index (χ1n) is 11.6. The number of carbonyl (C=O) groups excluding carboxylic acids is 2. The Labute approximate surface area is 196 Å². The molecule has 6 nitrogen and oxygen atoms in total. The van der Waals surface area contributed by atoms with Gasteiger partial charge in [-0.15, -0.1) is 0 Å². The van der Waals surface area contributed by atoms with Crippen LogP contribution in [0.4, 0.5) is 0 Å². The number of quaternary nitrogens is 1. The van der Waals surface area contributed by atoms with Gasteiger partial charge in [-0.25, -0.2) is 0 Å². The van der Waals surface area contributed by atoms with E-state index in [9.17, 15) is 14.7 Å². The zero-order chi connectivity index (χ0) is 24.1. The van der Waals surface area contributed by atoms with E-state index in [1.165, 1.54) is 4.90 Å². The Morgan fingerprint density at radius 2 is 1.70 bits per heavy atom. The van der Waals surface area contributed by atoms with E-state index in [0.29, 0.717) is 17.9 Å². The highest BCUT2D eigenvalue weighted by atomic mass is 16.5. The second kappa shape index (κ2) is 10.7. The largest absolute Gasteiger partial charge is 0.872 e. The van der Waals surface area contributed by atoms with Crippen LogP contribution in [-0.2, 0) is 16.0 Å². The van der Waals surface area contributed by atoms with E-state index < -0.39 is 23.5 Å². The van der Waals surface area contributed by atoms with E-state index in [1.807, 2.05) is 52.2 Å². The molecule has 1 heterocycles. The minimum atomic E-state index is -0.704. The van der Waals surface area contributed by atoms with Crippen LogP contribution in [0, 0.1) is 0 Å². The van der Waals surface area contributed by atoms with Gasteiger partial charge in [-0.2, -0.15) is 0 Å². The van der Waals surface area contributed by atoms with E-state index in [0.717, 1.165) is 30.5 Å². The summed E-state index contributed by atoms with van der Waals surface area (Å²) in [5.41, 5.74) is 2.34. The smallest absolute Gasteiger partial charge is 0.295 e. The Morgan fingerprint density at radius 3 is 2.24 bits per heavy atom. The normalized spacial score (nSPS) is 17.9. The highest BCUT2D eigenvalue weighted by Crippen LogP contribution is 2.39. The van der Waals surface area contributed by atoms with Crippen molar-refractivity contribution in [3.05, 3.63) is 70.8 Å². The lowest BCUT2D eigenvalue weighted by Crippen LogP contribution is -3.05. The fourth-order valence-electron chi connectivity index (χ4n) is 4.10. The van der Waals surface area contributed by atoms with Crippen molar-refractivity contribution in [1.29, 1.82) is 0 Å². The Balaban J connectivity index is 2.03. The van der Waals surface area contributed by atoms with Crippen LogP contribution in [0.3, 0.4) is 0 Å². The molecule has 1 unspecified atom stereocenters. The molecule has 1 atom stereocenters. The van der Waals surface area contributed by atoms with Gasteiger partial charge in [0.15, 0.2) is 0 Å². The number of rotatable bonds is 9. The van der Waals surface area contributed by atoms with Crippen LogP contribution >= 0.6 is 0 Å². The lowest BCUT2D eigenvalue weighted by molar-refractivity contribution is -0.858. The van der Waals surface area contributed by atoms with Gasteiger partial charge in [-0.3, -0.25) is 9.59 Å². The standard InChI is InChI=1S/C27H34N2O4/c1-6-19-8-10-20(11-9-19)24-23(26(31)27(32)29(24)17-7-16-28(4)5)25(30)21-12-14-22(15-13-21)33-18(2)3/h8-15,18,24,30H,6-7,16-17H2,1-5H3/b25-23+. The molecule has 1 N–H and O–H groups in total. The van der Waals surface area contributed by atoms with Gasteiger partial charge >= 0.3 is 0 Å². The quantitative estimate of drug-likeness (QED) is 0.359. The SMILES string of the molecule is CCc1ccc(C2/C(=C(\[O-])c3ccc(OC(C)C)cc3)C(=O)C(=O)N2CCC[NH+](C)C)cc1. The summed E-state index contributed by atoms with van der Waals surface area (Å²) in [4.78, 5) is 28.9. The molecule has 1 fully saturated rings. The van der Waals surface area contributed by atoms with Crippen molar-refractivity contribution in [2.24, 2.45) is 0 Å². The van der Waals surface area contributed by atoms with Crippen molar-refractivity contribution in [2.75, 3.05) is 27.2 Å². The van der Waals surface area contributed by atoms with Crippen LogP contribution in [0.15, 0.2) is 54.1 Å². The van der Waals surface area contributed by atoms with Crippen molar-refractivity contribution in [2.45, 2.75) is 45.8 Å². The number of likely N-dealkylation sites (tertiary alicyclic amines) is 1. The lowest BCUT2D eigenvalue weighted by Gasteiger charge is -2.28. The number of nitrogens with one attached hydrogen (secondary N) is 1. The van der Waals surface area contributed by atoms with Gasteiger partial charge in [0, 0.05) is 18.5 Å². The summed E-state index contributed by atoms with van der Waals surface area (Å²) < 4.78 is 5.66. The molecule has 3 rings (SSSR count). The van der Waals surface area contributed by atoms with E-state index in [-0.39, 0.29) is 11.7 Å². The molecular formula is C27H34N2O4. The highest BCUT2D eigenvalue weighted by Gasteiger charge is 2.43. The van der Waals surface area contributed by atoms with Gasteiger partial charge in [-0.1, -0.05) is 49.1 Å². The zero-order valence-corrected chi connectivity index (χ0v) is 20.2. The number of nitrogens with zero attached hydrogens (tertiary/aromatic N) is 1. The molecule has 0 aromatic heterocycles. The van der Waals surface area contributed by atoms with Gasteiger partial charge < -0.3 is 19.6 Å². The fraction of sp³-hybridized carbons (Fsp3) is 0.407. The third kappa shape index (κ3) is 5.63. The fourth-order valence-corrected chi connectivity index (χ4v) is 4.10. The van der Waals surface area contributed by atoms with Crippen LogP contribution < -0.4 is 14.7 Å². The van der Waals surface area contributed by atoms with Crippen molar-refractivity contribution >= 4 is 17.4 Å². The molecular weight excluding hydrogens is 416 g/mol. The monoisotopic (exact) mass is 450 g/mol. The first kappa shape index (κ1) is 24.5. The molecule has 6 heteroatoms. The molecule has 33 heavy (non-hydrogen) atoms. The summed E-state index contributed by atoms with van der Waals surface area (Å²) in [5.74, 6) is -1.06. The molecule has 0 aliphatic carbocycles. The molecule has 176 valence electrons.